The van der Waals surface area contributed by atoms with E-state index in [0.717, 1.165) is 5.69 Å². The van der Waals surface area contributed by atoms with Crippen LogP contribution in [0.2, 0.25) is 0 Å². The normalized spacial score (nSPS) is 10.1. The van der Waals surface area contributed by atoms with Crippen LogP contribution in [-0.2, 0) is 6.54 Å². The molecule has 0 aliphatic carbocycles. The Kier molecular flexibility index (Phi) is 4.20. The highest BCUT2D eigenvalue weighted by Gasteiger charge is 2.08. The van der Waals surface area contributed by atoms with Gasteiger partial charge in [-0.15, -0.1) is 0 Å². The van der Waals surface area contributed by atoms with Crippen molar-refractivity contribution in [3.05, 3.63) is 42.0 Å². The van der Waals surface area contributed by atoms with Crippen molar-refractivity contribution in [3.63, 3.8) is 0 Å². The lowest BCUT2D eigenvalue weighted by Crippen LogP contribution is -2.02. The van der Waals surface area contributed by atoms with Crippen molar-refractivity contribution in [2.45, 2.75) is 6.54 Å². The summed E-state index contributed by atoms with van der Waals surface area (Å²) in [5, 5.41) is 22.4. The van der Waals surface area contributed by atoms with Gasteiger partial charge in [0.25, 0.3) is 0 Å². The number of rotatable bonds is 5. The van der Waals surface area contributed by atoms with E-state index < -0.39 is 0 Å². The molecule has 0 fully saturated rings. The van der Waals surface area contributed by atoms with Crippen LogP contribution in [0.1, 0.15) is 5.56 Å². The molecule has 5 heteroatoms. The lowest BCUT2D eigenvalue weighted by Gasteiger charge is -2.13. The van der Waals surface area contributed by atoms with Crippen molar-refractivity contribution in [1.82, 2.24) is 0 Å². The summed E-state index contributed by atoms with van der Waals surface area (Å²) in [5.74, 6) is 1.11. The predicted molar refractivity (Wildman–Crippen MR) is 76.6 cm³/mol. The molecule has 0 bridgehead atoms. The molecule has 0 spiro atoms. The van der Waals surface area contributed by atoms with Gasteiger partial charge in [-0.2, -0.15) is 0 Å². The number of hydrogen-bond donors (Lipinski definition) is 3. The number of benzene rings is 2. The number of ether oxygens (including phenoxy) is 2. The van der Waals surface area contributed by atoms with Crippen LogP contribution < -0.4 is 14.8 Å². The third-order valence-electron chi connectivity index (χ3n) is 2.97. The molecule has 2 rings (SSSR count). The molecule has 0 aliphatic heterocycles. The van der Waals surface area contributed by atoms with Crippen molar-refractivity contribution < 1.29 is 19.7 Å². The van der Waals surface area contributed by atoms with Gasteiger partial charge in [0.15, 0.2) is 11.5 Å². The van der Waals surface area contributed by atoms with Crippen LogP contribution in [0.4, 0.5) is 5.69 Å². The highest BCUT2D eigenvalue weighted by molar-refractivity contribution is 5.60. The Morgan fingerprint density at radius 3 is 2.55 bits per heavy atom. The average Bonchev–Trinajstić information content (AvgIpc) is 2.48. The average molecular weight is 275 g/mol. The molecular weight excluding hydrogens is 258 g/mol. The molecule has 20 heavy (non-hydrogen) atoms. The maximum atomic E-state index is 9.76. The summed E-state index contributed by atoms with van der Waals surface area (Å²) in [6.07, 6.45) is 0. The first-order chi connectivity index (χ1) is 9.65. The smallest absolute Gasteiger partial charge is 0.162 e. The minimum Gasteiger partial charge on any atom is -0.504 e. The van der Waals surface area contributed by atoms with E-state index in [1.165, 1.54) is 6.07 Å². The summed E-state index contributed by atoms with van der Waals surface area (Å²) in [5.41, 5.74) is 1.34. The molecule has 106 valence electrons. The van der Waals surface area contributed by atoms with E-state index in [9.17, 15) is 10.2 Å². The fourth-order valence-corrected chi connectivity index (χ4v) is 1.86. The Morgan fingerprint density at radius 2 is 1.85 bits per heavy atom. The molecular formula is C15H17NO4. The molecule has 0 amide bonds. The van der Waals surface area contributed by atoms with Crippen molar-refractivity contribution in [2.75, 3.05) is 19.5 Å². The second kappa shape index (κ2) is 6.06. The number of methoxy groups -OCH3 is 2. The van der Waals surface area contributed by atoms with Gasteiger partial charge < -0.3 is 25.0 Å². The van der Waals surface area contributed by atoms with Crippen LogP contribution in [0.3, 0.4) is 0 Å². The van der Waals surface area contributed by atoms with E-state index in [0.29, 0.717) is 23.6 Å². The molecule has 0 atom stereocenters. The Bertz CT molecular complexity index is 598. The number of anilines is 1. The predicted octanol–water partition coefficient (Wildman–Crippen LogP) is 2.73. The lowest BCUT2D eigenvalue weighted by molar-refractivity contribution is 0.399. The van der Waals surface area contributed by atoms with Crippen LogP contribution in [-0.4, -0.2) is 24.4 Å². The van der Waals surface area contributed by atoms with Crippen LogP contribution in [0, 0.1) is 0 Å². The molecule has 0 unspecified atom stereocenters. The number of nitrogens with one attached hydrogen (secondary N) is 1. The van der Waals surface area contributed by atoms with Gasteiger partial charge in [-0.3, -0.25) is 0 Å². The van der Waals surface area contributed by atoms with Gasteiger partial charge in [0.1, 0.15) is 11.5 Å². The van der Waals surface area contributed by atoms with Gasteiger partial charge in [0.05, 0.1) is 19.9 Å². The van der Waals surface area contributed by atoms with E-state index in [2.05, 4.69) is 5.32 Å². The molecule has 0 heterocycles. The summed E-state index contributed by atoms with van der Waals surface area (Å²) in [7, 11) is 3.17. The van der Waals surface area contributed by atoms with Crippen LogP contribution in [0.15, 0.2) is 36.4 Å². The molecule has 0 saturated heterocycles. The quantitative estimate of drug-likeness (QED) is 0.732. The van der Waals surface area contributed by atoms with E-state index in [4.69, 9.17) is 9.47 Å². The number of para-hydroxylation sites is 1. The van der Waals surface area contributed by atoms with Gasteiger partial charge in [0.2, 0.25) is 0 Å². The van der Waals surface area contributed by atoms with Gasteiger partial charge >= 0.3 is 0 Å². The maximum absolute atomic E-state index is 9.76. The minimum absolute atomic E-state index is 0.123. The van der Waals surface area contributed by atoms with Gasteiger partial charge in [-0.25, -0.2) is 0 Å². The Hall–Kier alpha value is -2.56. The second-order valence-electron chi connectivity index (χ2n) is 4.20. The largest absolute Gasteiger partial charge is 0.504 e. The standard InChI is InChI=1S/C15H17NO4/c1-19-11-6-7-14(20-2)12(8-11)16-9-10-4-3-5-13(17)15(10)18/h3-8,16-18H,9H2,1-2H3. The van der Waals surface area contributed by atoms with E-state index in [1.54, 1.807) is 44.6 Å². The van der Waals surface area contributed by atoms with Crippen LogP contribution >= 0.6 is 0 Å². The van der Waals surface area contributed by atoms with Gasteiger partial charge in [-0.1, -0.05) is 12.1 Å². The zero-order valence-electron chi connectivity index (χ0n) is 11.4. The molecule has 2 aromatic carbocycles. The van der Waals surface area contributed by atoms with Crippen molar-refractivity contribution >= 4 is 5.69 Å². The highest BCUT2D eigenvalue weighted by atomic mass is 16.5. The fraction of sp³-hybridized carbons (Fsp3) is 0.200. The van der Waals surface area contributed by atoms with Crippen molar-refractivity contribution in [1.29, 1.82) is 0 Å². The van der Waals surface area contributed by atoms with Gasteiger partial charge in [0, 0.05) is 18.2 Å². The minimum atomic E-state index is -0.137. The third-order valence-corrected chi connectivity index (χ3v) is 2.97. The molecule has 0 aliphatic rings. The summed E-state index contributed by atoms with van der Waals surface area (Å²) < 4.78 is 10.4. The van der Waals surface area contributed by atoms with E-state index in [-0.39, 0.29) is 11.5 Å². The van der Waals surface area contributed by atoms with Crippen LogP contribution in [0.25, 0.3) is 0 Å². The van der Waals surface area contributed by atoms with Crippen molar-refractivity contribution in [2.24, 2.45) is 0 Å². The molecule has 0 saturated carbocycles. The number of aromatic hydroxyl groups is 2. The maximum Gasteiger partial charge on any atom is 0.162 e. The molecule has 3 N–H and O–H groups in total. The first-order valence-electron chi connectivity index (χ1n) is 6.11. The van der Waals surface area contributed by atoms with E-state index in [1.807, 2.05) is 0 Å². The number of hydrogen-bond acceptors (Lipinski definition) is 5. The summed E-state index contributed by atoms with van der Waals surface area (Å²) in [6, 6.07) is 10.2. The van der Waals surface area contributed by atoms with Gasteiger partial charge in [-0.05, 0) is 18.2 Å². The van der Waals surface area contributed by atoms with Crippen molar-refractivity contribution in [3.8, 4) is 23.0 Å². The Balaban J connectivity index is 2.19. The number of phenolic OH excluding ortho intramolecular Hbond substituents is 2. The van der Waals surface area contributed by atoms with E-state index >= 15 is 0 Å². The zero-order chi connectivity index (χ0) is 14.5. The van der Waals surface area contributed by atoms with Crippen LogP contribution in [0.5, 0.6) is 23.0 Å². The highest BCUT2D eigenvalue weighted by Crippen LogP contribution is 2.32. The lowest BCUT2D eigenvalue weighted by atomic mass is 10.1. The molecule has 2 aromatic rings. The second-order valence-corrected chi connectivity index (χ2v) is 4.20. The Morgan fingerprint density at radius 1 is 1.05 bits per heavy atom. The molecule has 5 nitrogen and oxygen atoms in total. The molecule has 0 aromatic heterocycles. The molecule has 0 radical (unpaired) electrons. The summed E-state index contributed by atoms with van der Waals surface area (Å²) in [4.78, 5) is 0. The first-order valence-corrected chi connectivity index (χ1v) is 6.11. The zero-order valence-corrected chi connectivity index (χ0v) is 11.4. The first kappa shape index (κ1) is 13.9. The monoisotopic (exact) mass is 275 g/mol. The SMILES string of the molecule is COc1ccc(OC)c(NCc2cccc(O)c2O)c1. The summed E-state index contributed by atoms with van der Waals surface area (Å²) >= 11 is 0. The Labute approximate surface area is 117 Å². The summed E-state index contributed by atoms with van der Waals surface area (Å²) in [6.45, 7) is 0.351. The number of phenols is 2. The topological polar surface area (TPSA) is 71.0 Å². The fourth-order valence-electron chi connectivity index (χ4n) is 1.86. The third kappa shape index (κ3) is 2.88.